The zero-order valence-electron chi connectivity index (χ0n) is 16.5. The number of phenolic OH excluding ortho intramolecular Hbond substituents is 4. The Labute approximate surface area is 193 Å². The lowest BCUT2D eigenvalue weighted by Crippen LogP contribution is -1.92. The Morgan fingerprint density at radius 1 is 0.469 bits per heavy atom. The topological polar surface area (TPSA) is 80.9 Å². The van der Waals surface area contributed by atoms with Crippen molar-refractivity contribution in [2.24, 2.45) is 0 Å². The number of benzene rings is 5. The maximum absolute atomic E-state index is 10.7. The molecule has 5 rings (SSSR count). The molecular weight excluding hydrogens is 447 g/mol. The van der Waals surface area contributed by atoms with E-state index < -0.39 is 0 Å². The number of fused-ring (bicyclic) bond motifs is 2. The predicted octanol–water partition coefficient (Wildman–Crippen LogP) is 7.46. The van der Waals surface area contributed by atoms with Crippen LogP contribution in [0.3, 0.4) is 0 Å². The second-order valence-corrected chi connectivity index (χ2v) is 8.36. The molecule has 6 heteroatoms. The molecule has 0 saturated carbocycles. The lowest BCUT2D eigenvalue weighted by atomic mass is 9.85. The maximum Gasteiger partial charge on any atom is 0.165 e. The minimum atomic E-state index is -0.317. The van der Waals surface area contributed by atoms with Crippen molar-refractivity contribution in [2.75, 3.05) is 0 Å². The molecule has 0 radical (unpaired) electrons. The Balaban J connectivity index is 2.03. The highest BCUT2D eigenvalue weighted by atomic mass is 35.5. The smallest absolute Gasteiger partial charge is 0.165 e. The molecule has 0 saturated heterocycles. The first-order valence-electron chi connectivity index (χ1n) is 9.74. The van der Waals surface area contributed by atoms with E-state index in [1.54, 1.807) is 12.1 Å². The van der Waals surface area contributed by atoms with Gasteiger partial charge in [-0.05, 0) is 33.7 Å². The molecule has 32 heavy (non-hydrogen) atoms. The van der Waals surface area contributed by atoms with Crippen LogP contribution < -0.4 is 0 Å². The van der Waals surface area contributed by atoms with Gasteiger partial charge in [-0.15, -0.1) is 0 Å². The van der Waals surface area contributed by atoms with Crippen LogP contribution in [0.2, 0.25) is 10.0 Å². The van der Waals surface area contributed by atoms with Crippen molar-refractivity contribution in [3.05, 3.63) is 82.8 Å². The Kier molecular flexibility index (Phi) is 4.77. The van der Waals surface area contributed by atoms with Crippen molar-refractivity contribution < 1.29 is 20.4 Å². The number of rotatable bonds is 2. The van der Waals surface area contributed by atoms with Crippen LogP contribution in [-0.4, -0.2) is 20.4 Å². The summed E-state index contributed by atoms with van der Waals surface area (Å²) in [6.45, 7) is 0. The highest BCUT2D eigenvalue weighted by Gasteiger charge is 2.22. The Morgan fingerprint density at radius 2 is 0.781 bits per heavy atom. The fourth-order valence-corrected chi connectivity index (χ4v) is 4.68. The molecule has 5 aromatic carbocycles. The molecular formula is C26H16Cl2O4. The molecule has 0 heterocycles. The van der Waals surface area contributed by atoms with Crippen molar-refractivity contribution >= 4 is 44.7 Å². The van der Waals surface area contributed by atoms with E-state index in [0.717, 1.165) is 21.5 Å². The molecule has 0 aliphatic carbocycles. The second-order valence-electron chi connectivity index (χ2n) is 7.48. The standard InChI is InChI=1S/C26H16Cl2O4/c27-13-9-19(25(31)21(29)11-13)23-15-5-1-2-6-16(15)24(18-8-4-3-7-17(18)23)20-10-14(28)12-22(30)26(20)32/h1-12,29-32H. The Hall–Kier alpha value is -3.60. The number of aromatic hydroxyl groups is 4. The molecule has 4 nitrogen and oxygen atoms in total. The molecule has 0 amide bonds. The van der Waals surface area contributed by atoms with E-state index in [0.29, 0.717) is 22.3 Å². The van der Waals surface area contributed by atoms with Crippen LogP contribution >= 0.6 is 23.2 Å². The summed E-state index contributed by atoms with van der Waals surface area (Å²) in [4.78, 5) is 0. The number of halogens is 2. The zero-order chi connectivity index (χ0) is 22.6. The molecule has 0 atom stereocenters. The van der Waals surface area contributed by atoms with Crippen LogP contribution in [0, 0.1) is 0 Å². The van der Waals surface area contributed by atoms with Gasteiger partial charge in [-0.2, -0.15) is 0 Å². The van der Waals surface area contributed by atoms with Gasteiger partial charge in [-0.1, -0.05) is 71.7 Å². The average Bonchev–Trinajstić information content (AvgIpc) is 2.77. The van der Waals surface area contributed by atoms with Crippen LogP contribution in [0.1, 0.15) is 0 Å². The summed E-state index contributed by atoms with van der Waals surface area (Å²) >= 11 is 12.4. The van der Waals surface area contributed by atoms with Crippen LogP contribution in [0.25, 0.3) is 43.8 Å². The fourth-order valence-electron chi connectivity index (χ4n) is 4.26. The number of hydrogen-bond acceptors (Lipinski definition) is 4. The molecule has 0 spiro atoms. The first-order valence-corrected chi connectivity index (χ1v) is 10.5. The summed E-state index contributed by atoms with van der Waals surface area (Å²) < 4.78 is 0. The SMILES string of the molecule is Oc1cc(Cl)cc(-c2c3ccccc3c(-c3cc(Cl)cc(O)c3O)c3ccccc23)c1O. The molecule has 0 unspecified atom stereocenters. The summed E-state index contributed by atoms with van der Waals surface area (Å²) in [5.41, 5.74) is 2.13. The molecule has 0 bridgehead atoms. The lowest BCUT2D eigenvalue weighted by Gasteiger charge is -2.19. The third-order valence-electron chi connectivity index (χ3n) is 5.58. The van der Waals surface area contributed by atoms with Crippen molar-refractivity contribution in [2.45, 2.75) is 0 Å². The van der Waals surface area contributed by atoms with Gasteiger partial charge in [0.2, 0.25) is 0 Å². The van der Waals surface area contributed by atoms with Crippen molar-refractivity contribution in [3.8, 4) is 45.3 Å². The van der Waals surface area contributed by atoms with Gasteiger partial charge in [-0.3, -0.25) is 0 Å². The van der Waals surface area contributed by atoms with Gasteiger partial charge in [0.25, 0.3) is 0 Å². The van der Waals surface area contributed by atoms with Crippen molar-refractivity contribution in [1.29, 1.82) is 0 Å². The summed E-state index contributed by atoms with van der Waals surface area (Å²) in [6.07, 6.45) is 0. The number of hydrogen-bond donors (Lipinski definition) is 4. The van der Waals surface area contributed by atoms with E-state index in [2.05, 4.69) is 0 Å². The van der Waals surface area contributed by atoms with Crippen molar-refractivity contribution in [3.63, 3.8) is 0 Å². The Morgan fingerprint density at radius 3 is 1.09 bits per heavy atom. The molecule has 0 aromatic heterocycles. The zero-order valence-corrected chi connectivity index (χ0v) is 18.0. The highest BCUT2D eigenvalue weighted by molar-refractivity contribution is 6.32. The predicted molar refractivity (Wildman–Crippen MR) is 129 cm³/mol. The van der Waals surface area contributed by atoms with Crippen LogP contribution in [0.4, 0.5) is 0 Å². The van der Waals surface area contributed by atoms with E-state index in [-0.39, 0.29) is 33.0 Å². The average molecular weight is 463 g/mol. The Bertz CT molecular complexity index is 1370. The van der Waals surface area contributed by atoms with Gasteiger partial charge in [0.15, 0.2) is 23.0 Å². The quantitative estimate of drug-likeness (QED) is 0.162. The van der Waals surface area contributed by atoms with E-state index in [9.17, 15) is 20.4 Å². The van der Waals surface area contributed by atoms with E-state index in [1.807, 2.05) is 48.5 Å². The third-order valence-corrected chi connectivity index (χ3v) is 6.02. The summed E-state index contributed by atoms with van der Waals surface area (Å²) in [5.74, 6) is -1.19. The van der Waals surface area contributed by atoms with Gasteiger partial charge in [0, 0.05) is 44.4 Å². The normalized spacial score (nSPS) is 11.3. The monoisotopic (exact) mass is 462 g/mol. The minimum Gasteiger partial charge on any atom is -0.504 e. The molecule has 0 aliphatic heterocycles. The van der Waals surface area contributed by atoms with Gasteiger partial charge in [0.1, 0.15) is 0 Å². The van der Waals surface area contributed by atoms with Crippen LogP contribution in [0.5, 0.6) is 23.0 Å². The third kappa shape index (κ3) is 3.08. The molecule has 0 fully saturated rings. The van der Waals surface area contributed by atoms with E-state index in [1.165, 1.54) is 12.1 Å². The van der Waals surface area contributed by atoms with Gasteiger partial charge in [0.05, 0.1) is 0 Å². The molecule has 4 N–H and O–H groups in total. The van der Waals surface area contributed by atoms with Gasteiger partial charge in [-0.25, -0.2) is 0 Å². The van der Waals surface area contributed by atoms with Gasteiger partial charge >= 0.3 is 0 Å². The molecule has 0 aliphatic rings. The van der Waals surface area contributed by atoms with Crippen LogP contribution in [0.15, 0.2) is 72.8 Å². The number of phenols is 4. The summed E-state index contributed by atoms with van der Waals surface area (Å²) in [5, 5.41) is 45.4. The minimum absolute atomic E-state index is 0.277. The lowest BCUT2D eigenvalue weighted by molar-refractivity contribution is 0.405. The first kappa shape index (κ1) is 20.3. The van der Waals surface area contributed by atoms with Gasteiger partial charge < -0.3 is 20.4 Å². The highest BCUT2D eigenvalue weighted by Crippen LogP contribution is 2.50. The molecule has 5 aromatic rings. The second kappa shape index (κ2) is 7.52. The summed E-state index contributed by atoms with van der Waals surface area (Å²) in [6, 6.07) is 20.8. The van der Waals surface area contributed by atoms with E-state index in [4.69, 9.17) is 23.2 Å². The molecule has 158 valence electrons. The first-order chi connectivity index (χ1) is 15.4. The van der Waals surface area contributed by atoms with E-state index >= 15 is 0 Å². The fraction of sp³-hybridized carbons (Fsp3) is 0. The maximum atomic E-state index is 10.7. The van der Waals surface area contributed by atoms with Crippen LogP contribution in [-0.2, 0) is 0 Å². The largest absolute Gasteiger partial charge is 0.504 e. The van der Waals surface area contributed by atoms with Crippen molar-refractivity contribution in [1.82, 2.24) is 0 Å². The summed E-state index contributed by atoms with van der Waals surface area (Å²) in [7, 11) is 0.